The lowest BCUT2D eigenvalue weighted by atomic mass is 9.77. The van der Waals surface area contributed by atoms with E-state index in [4.69, 9.17) is 4.74 Å². The maximum Gasteiger partial charge on any atom is 0.323 e. The van der Waals surface area contributed by atoms with Gasteiger partial charge in [-0.2, -0.15) is 0 Å². The lowest BCUT2D eigenvalue weighted by Gasteiger charge is -2.27. The Morgan fingerprint density at radius 3 is 2.04 bits per heavy atom. The Bertz CT molecular complexity index is 774. The van der Waals surface area contributed by atoms with E-state index >= 15 is 0 Å². The molecule has 0 amide bonds. The molecule has 1 atom stereocenters. The summed E-state index contributed by atoms with van der Waals surface area (Å²) in [5, 5.41) is 0. The summed E-state index contributed by atoms with van der Waals surface area (Å²) in [7, 11) is 0. The zero-order chi connectivity index (χ0) is 17.7. The van der Waals surface area contributed by atoms with Gasteiger partial charge in [0, 0.05) is 11.1 Å². The molecule has 3 rings (SSSR count). The highest BCUT2D eigenvalue weighted by Gasteiger charge is 2.39. The quantitative estimate of drug-likeness (QED) is 0.524. The van der Waals surface area contributed by atoms with Crippen LogP contribution in [-0.2, 0) is 15.6 Å². The molecule has 126 valence electrons. The maximum atomic E-state index is 12.6. The molecule has 0 unspecified atom stereocenters. The van der Waals surface area contributed by atoms with Crippen molar-refractivity contribution in [2.24, 2.45) is 0 Å². The number of carbonyl (C=O) groups excluding carboxylic acids is 1. The minimum Gasteiger partial charge on any atom is -0.425 e. The van der Waals surface area contributed by atoms with Crippen LogP contribution in [0.3, 0.4) is 0 Å². The van der Waals surface area contributed by atoms with E-state index in [9.17, 15) is 4.79 Å². The zero-order valence-electron chi connectivity index (χ0n) is 15.4. The molecule has 0 bridgehead atoms. The van der Waals surface area contributed by atoms with E-state index < -0.39 is 0 Å². The number of hydrogen-bond acceptors (Lipinski definition) is 2. The van der Waals surface area contributed by atoms with Gasteiger partial charge in [0.1, 0.15) is 11.7 Å². The molecule has 24 heavy (non-hydrogen) atoms. The van der Waals surface area contributed by atoms with Gasteiger partial charge in [-0.25, -0.2) is 0 Å². The fourth-order valence-corrected chi connectivity index (χ4v) is 3.22. The summed E-state index contributed by atoms with van der Waals surface area (Å²) in [5.41, 5.74) is 4.27. The van der Waals surface area contributed by atoms with Crippen LogP contribution in [0, 0.1) is 0 Å². The first-order valence-electron chi connectivity index (χ1n) is 8.54. The van der Waals surface area contributed by atoms with Crippen molar-refractivity contribution >= 4 is 5.97 Å². The van der Waals surface area contributed by atoms with Gasteiger partial charge in [0.15, 0.2) is 0 Å². The summed E-state index contributed by atoms with van der Waals surface area (Å²) in [6.45, 7) is 13.1. The molecular weight excluding hydrogens is 296 g/mol. The third-order valence-corrected chi connectivity index (χ3v) is 4.67. The van der Waals surface area contributed by atoms with Crippen molar-refractivity contribution in [1.82, 2.24) is 0 Å². The first-order valence-corrected chi connectivity index (χ1v) is 8.54. The molecule has 0 spiro atoms. The van der Waals surface area contributed by atoms with Crippen molar-refractivity contribution in [3.8, 4) is 5.75 Å². The standard InChI is InChI=1S/C22H26O2/c1-21(2,3)15-12-16-18(14-10-8-7-9-11-14)20(23)24-19(16)17(13-15)22(4,5)6/h7-13,18H,1-6H3/t18-/m0/s1. The number of benzene rings is 2. The van der Waals surface area contributed by atoms with Crippen LogP contribution in [0.25, 0.3) is 0 Å². The zero-order valence-corrected chi connectivity index (χ0v) is 15.4. The van der Waals surface area contributed by atoms with Gasteiger partial charge < -0.3 is 4.74 Å². The van der Waals surface area contributed by atoms with E-state index in [0.29, 0.717) is 0 Å². The summed E-state index contributed by atoms with van der Waals surface area (Å²) in [4.78, 5) is 12.6. The van der Waals surface area contributed by atoms with E-state index in [1.165, 1.54) is 5.56 Å². The molecule has 2 aromatic carbocycles. The highest BCUT2D eigenvalue weighted by Crippen LogP contribution is 2.47. The predicted molar refractivity (Wildman–Crippen MR) is 97.8 cm³/mol. The molecule has 0 N–H and O–H groups in total. The molecule has 2 nitrogen and oxygen atoms in total. The first kappa shape index (κ1) is 16.8. The van der Waals surface area contributed by atoms with Crippen LogP contribution in [0.4, 0.5) is 0 Å². The van der Waals surface area contributed by atoms with Gasteiger partial charge in [0.2, 0.25) is 0 Å². The Kier molecular flexibility index (Phi) is 3.82. The second-order valence-electron chi connectivity index (χ2n) is 8.71. The molecular formula is C22H26O2. The average molecular weight is 322 g/mol. The summed E-state index contributed by atoms with van der Waals surface area (Å²) in [5.74, 6) is 0.256. The van der Waals surface area contributed by atoms with Crippen LogP contribution >= 0.6 is 0 Å². The summed E-state index contributed by atoms with van der Waals surface area (Å²) >= 11 is 0. The normalized spacial score (nSPS) is 17.6. The van der Waals surface area contributed by atoms with Crippen LogP contribution in [-0.4, -0.2) is 5.97 Å². The third-order valence-electron chi connectivity index (χ3n) is 4.67. The van der Waals surface area contributed by atoms with Crippen molar-refractivity contribution < 1.29 is 9.53 Å². The fourth-order valence-electron chi connectivity index (χ4n) is 3.22. The minimum atomic E-state index is -0.329. The molecule has 2 aromatic rings. The van der Waals surface area contributed by atoms with E-state index in [1.807, 2.05) is 30.3 Å². The van der Waals surface area contributed by atoms with Crippen molar-refractivity contribution in [2.75, 3.05) is 0 Å². The lowest BCUT2D eigenvalue weighted by molar-refractivity contribution is -0.133. The maximum absolute atomic E-state index is 12.6. The van der Waals surface area contributed by atoms with E-state index in [-0.39, 0.29) is 22.7 Å². The molecule has 0 saturated carbocycles. The Morgan fingerprint density at radius 2 is 1.50 bits per heavy atom. The molecule has 2 heteroatoms. The van der Waals surface area contributed by atoms with E-state index in [2.05, 4.69) is 53.7 Å². The van der Waals surface area contributed by atoms with Gasteiger partial charge in [-0.1, -0.05) is 84.0 Å². The Hall–Kier alpha value is -2.09. The van der Waals surface area contributed by atoms with Gasteiger partial charge in [-0.15, -0.1) is 0 Å². The van der Waals surface area contributed by atoms with Gasteiger partial charge in [-0.3, -0.25) is 4.79 Å². The monoisotopic (exact) mass is 322 g/mol. The SMILES string of the molecule is CC(C)(C)c1cc2c(c(C(C)(C)C)c1)OC(=O)[C@H]2c1ccccc1. The fraction of sp³-hybridized carbons (Fsp3) is 0.409. The Balaban J connectivity index is 2.26. The van der Waals surface area contributed by atoms with Crippen molar-refractivity contribution in [3.63, 3.8) is 0 Å². The van der Waals surface area contributed by atoms with Crippen LogP contribution in [0.2, 0.25) is 0 Å². The summed E-state index contributed by atoms with van der Waals surface area (Å²) in [6.07, 6.45) is 0. The minimum absolute atomic E-state index is 0.0158. The topological polar surface area (TPSA) is 26.3 Å². The van der Waals surface area contributed by atoms with Gasteiger partial charge in [0.05, 0.1) is 0 Å². The lowest BCUT2D eigenvalue weighted by Crippen LogP contribution is -2.17. The molecule has 0 aromatic heterocycles. The van der Waals surface area contributed by atoms with E-state index in [0.717, 1.165) is 22.4 Å². The van der Waals surface area contributed by atoms with Crippen LogP contribution in [0.5, 0.6) is 5.75 Å². The number of hydrogen-bond donors (Lipinski definition) is 0. The molecule has 0 aliphatic carbocycles. The molecule has 1 heterocycles. The van der Waals surface area contributed by atoms with Crippen molar-refractivity contribution in [2.45, 2.75) is 58.3 Å². The highest BCUT2D eigenvalue weighted by atomic mass is 16.5. The number of carbonyl (C=O) groups is 1. The molecule has 0 saturated heterocycles. The third kappa shape index (κ3) is 2.86. The number of ether oxygens (including phenoxy) is 1. The van der Waals surface area contributed by atoms with Crippen molar-refractivity contribution in [3.05, 3.63) is 64.7 Å². The second kappa shape index (κ2) is 5.47. The van der Waals surface area contributed by atoms with Crippen LogP contribution in [0.1, 0.15) is 69.7 Å². The Morgan fingerprint density at radius 1 is 0.875 bits per heavy atom. The molecule has 0 fully saturated rings. The van der Waals surface area contributed by atoms with Crippen LogP contribution < -0.4 is 4.74 Å². The molecule has 1 aliphatic rings. The van der Waals surface area contributed by atoms with E-state index in [1.54, 1.807) is 0 Å². The molecule has 1 aliphatic heterocycles. The summed E-state index contributed by atoms with van der Waals surface area (Å²) < 4.78 is 5.76. The van der Waals surface area contributed by atoms with Gasteiger partial charge in [-0.05, 0) is 22.0 Å². The van der Waals surface area contributed by atoms with Gasteiger partial charge >= 0.3 is 5.97 Å². The largest absolute Gasteiger partial charge is 0.425 e. The van der Waals surface area contributed by atoms with Gasteiger partial charge in [0.25, 0.3) is 0 Å². The number of esters is 1. The predicted octanol–water partition coefficient (Wildman–Crippen LogP) is 5.33. The second-order valence-corrected chi connectivity index (χ2v) is 8.71. The number of rotatable bonds is 1. The summed E-state index contributed by atoms with van der Waals surface area (Å²) in [6, 6.07) is 14.3. The average Bonchev–Trinajstić information content (AvgIpc) is 2.80. The molecule has 0 radical (unpaired) electrons. The smallest absolute Gasteiger partial charge is 0.323 e. The van der Waals surface area contributed by atoms with Crippen molar-refractivity contribution in [1.29, 1.82) is 0 Å². The van der Waals surface area contributed by atoms with Crippen LogP contribution in [0.15, 0.2) is 42.5 Å². The first-order chi connectivity index (χ1) is 11.1. The highest BCUT2D eigenvalue weighted by molar-refractivity contribution is 5.90. The Labute approximate surface area is 144 Å². The number of fused-ring (bicyclic) bond motifs is 1.